The molecule has 0 spiro atoms. The van der Waals surface area contributed by atoms with Crippen LogP contribution in [0.25, 0.3) is 11.3 Å². The van der Waals surface area contributed by atoms with Crippen LogP contribution in [0.3, 0.4) is 0 Å². The van der Waals surface area contributed by atoms with Gasteiger partial charge in [0.15, 0.2) is 0 Å². The third kappa shape index (κ3) is 3.38. The lowest BCUT2D eigenvalue weighted by molar-refractivity contribution is 0.0697. The van der Waals surface area contributed by atoms with Crippen molar-refractivity contribution in [3.63, 3.8) is 0 Å². The topological polar surface area (TPSA) is 63.1 Å². The Kier molecular flexibility index (Phi) is 4.25. The molecule has 0 aliphatic rings. The minimum atomic E-state index is -0.896. The molecule has 0 atom stereocenters. The number of thiazole rings is 1. The van der Waals surface area contributed by atoms with E-state index in [1.165, 1.54) is 0 Å². The minimum absolute atomic E-state index is 0.317. The van der Waals surface area contributed by atoms with Gasteiger partial charge in [-0.15, -0.1) is 11.3 Å². The number of carbonyl (C=O) groups is 1. The fourth-order valence-electron chi connectivity index (χ4n) is 2.14. The zero-order valence-corrected chi connectivity index (χ0v) is 12.6. The van der Waals surface area contributed by atoms with Crippen LogP contribution in [0.15, 0.2) is 54.2 Å². The smallest absolute Gasteiger partial charge is 0.335 e. The van der Waals surface area contributed by atoms with Crippen molar-refractivity contribution in [1.29, 1.82) is 0 Å². The molecular formula is C17H14N2O2S. The Morgan fingerprint density at radius 3 is 2.64 bits per heavy atom. The van der Waals surface area contributed by atoms with Crippen LogP contribution in [0.4, 0.5) is 0 Å². The van der Waals surface area contributed by atoms with E-state index in [1.54, 1.807) is 29.7 Å². The van der Waals surface area contributed by atoms with Crippen LogP contribution in [0.5, 0.6) is 0 Å². The molecule has 0 saturated carbocycles. The molecule has 0 amide bonds. The van der Waals surface area contributed by atoms with Gasteiger partial charge < -0.3 is 5.11 Å². The molecular weight excluding hydrogens is 296 g/mol. The number of nitrogens with zero attached hydrogens (tertiary/aromatic N) is 2. The highest BCUT2D eigenvalue weighted by Gasteiger charge is 2.06. The molecule has 22 heavy (non-hydrogen) atoms. The van der Waals surface area contributed by atoms with E-state index in [9.17, 15) is 4.79 Å². The van der Waals surface area contributed by atoms with Gasteiger partial charge in [-0.05, 0) is 36.2 Å². The van der Waals surface area contributed by atoms with Gasteiger partial charge in [0.25, 0.3) is 0 Å². The van der Waals surface area contributed by atoms with E-state index in [0.29, 0.717) is 5.56 Å². The Hall–Kier alpha value is -2.53. The number of carboxylic acid groups (broad SMARTS) is 1. The fraction of sp³-hybridized carbons (Fsp3) is 0.118. The standard InChI is InChI=1S/C17H14N2O2S/c20-17(21)13-6-3-12(4-7-13)5-8-16-19-15(11-22-16)14-2-1-9-18-10-14/h1-4,6-7,9-11H,5,8H2,(H,20,21). The van der Waals surface area contributed by atoms with Crippen molar-refractivity contribution in [3.05, 3.63) is 70.3 Å². The second-order valence-electron chi connectivity index (χ2n) is 4.87. The van der Waals surface area contributed by atoms with Gasteiger partial charge in [0, 0.05) is 29.8 Å². The highest BCUT2D eigenvalue weighted by Crippen LogP contribution is 2.22. The average Bonchev–Trinajstić information content (AvgIpc) is 3.03. The molecule has 0 saturated heterocycles. The summed E-state index contributed by atoms with van der Waals surface area (Å²) in [6.45, 7) is 0. The van der Waals surface area contributed by atoms with E-state index in [-0.39, 0.29) is 0 Å². The zero-order valence-electron chi connectivity index (χ0n) is 11.8. The van der Waals surface area contributed by atoms with Crippen molar-refractivity contribution < 1.29 is 9.90 Å². The summed E-state index contributed by atoms with van der Waals surface area (Å²) in [6.07, 6.45) is 5.25. The lowest BCUT2D eigenvalue weighted by Gasteiger charge is -2.00. The van der Waals surface area contributed by atoms with Gasteiger partial charge in [-0.2, -0.15) is 0 Å². The number of carboxylic acids is 1. The van der Waals surface area contributed by atoms with Gasteiger partial charge in [-0.1, -0.05) is 12.1 Å². The third-order valence-electron chi connectivity index (χ3n) is 3.34. The Morgan fingerprint density at radius 1 is 1.14 bits per heavy atom. The molecule has 1 aromatic carbocycles. The van der Waals surface area contributed by atoms with Crippen LogP contribution in [0.2, 0.25) is 0 Å². The summed E-state index contributed by atoms with van der Waals surface area (Å²) >= 11 is 1.64. The largest absolute Gasteiger partial charge is 0.478 e. The van der Waals surface area contributed by atoms with Gasteiger partial charge in [0.1, 0.15) is 0 Å². The Labute approximate surface area is 132 Å². The van der Waals surface area contributed by atoms with Gasteiger partial charge in [0.05, 0.1) is 16.3 Å². The lowest BCUT2D eigenvalue weighted by atomic mass is 10.1. The molecule has 0 aliphatic carbocycles. The maximum atomic E-state index is 10.8. The maximum absolute atomic E-state index is 10.8. The van der Waals surface area contributed by atoms with E-state index >= 15 is 0 Å². The number of rotatable bonds is 5. The highest BCUT2D eigenvalue weighted by molar-refractivity contribution is 7.09. The molecule has 0 unspecified atom stereocenters. The predicted molar refractivity (Wildman–Crippen MR) is 86.2 cm³/mol. The number of benzene rings is 1. The summed E-state index contributed by atoms with van der Waals surface area (Å²) in [5.41, 5.74) is 3.41. The van der Waals surface area contributed by atoms with E-state index in [0.717, 1.165) is 34.7 Å². The SMILES string of the molecule is O=C(O)c1ccc(CCc2nc(-c3cccnc3)cs2)cc1. The number of hydrogen-bond donors (Lipinski definition) is 1. The number of aromatic carboxylic acids is 1. The Morgan fingerprint density at radius 2 is 1.95 bits per heavy atom. The summed E-state index contributed by atoms with van der Waals surface area (Å²) < 4.78 is 0. The summed E-state index contributed by atoms with van der Waals surface area (Å²) in [5.74, 6) is -0.896. The normalized spacial score (nSPS) is 10.5. The van der Waals surface area contributed by atoms with Crippen molar-refractivity contribution in [2.45, 2.75) is 12.8 Å². The molecule has 1 N–H and O–H groups in total. The van der Waals surface area contributed by atoms with Crippen LogP contribution >= 0.6 is 11.3 Å². The van der Waals surface area contributed by atoms with Gasteiger partial charge in [-0.3, -0.25) is 4.98 Å². The molecule has 0 radical (unpaired) electrons. The van der Waals surface area contributed by atoms with Gasteiger partial charge in [-0.25, -0.2) is 9.78 Å². The molecule has 3 aromatic rings. The minimum Gasteiger partial charge on any atom is -0.478 e. The lowest BCUT2D eigenvalue weighted by Crippen LogP contribution is -1.97. The molecule has 2 aromatic heterocycles. The summed E-state index contributed by atoms with van der Waals surface area (Å²) in [6, 6.07) is 10.9. The van der Waals surface area contributed by atoms with Crippen LogP contribution in [-0.2, 0) is 12.8 Å². The molecule has 2 heterocycles. The fourth-order valence-corrected chi connectivity index (χ4v) is 2.95. The number of pyridine rings is 1. The summed E-state index contributed by atoms with van der Waals surface area (Å²) in [5, 5.41) is 12.0. The first kappa shape index (κ1) is 14.4. The Bertz CT molecular complexity index is 767. The van der Waals surface area contributed by atoms with Crippen molar-refractivity contribution in [3.8, 4) is 11.3 Å². The van der Waals surface area contributed by atoms with Crippen LogP contribution < -0.4 is 0 Å². The second kappa shape index (κ2) is 6.49. The number of aryl methyl sites for hydroxylation is 2. The third-order valence-corrected chi connectivity index (χ3v) is 4.25. The number of aromatic nitrogens is 2. The van der Waals surface area contributed by atoms with Crippen molar-refractivity contribution in [1.82, 2.24) is 9.97 Å². The summed E-state index contributed by atoms with van der Waals surface area (Å²) in [7, 11) is 0. The van der Waals surface area contributed by atoms with Crippen LogP contribution in [-0.4, -0.2) is 21.0 Å². The first-order valence-corrected chi connectivity index (χ1v) is 7.77. The number of hydrogen-bond acceptors (Lipinski definition) is 4. The molecule has 3 rings (SSSR count). The monoisotopic (exact) mass is 310 g/mol. The first-order chi connectivity index (χ1) is 10.7. The molecule has 0 bridgehead atoms. The van der Waals surface area contributed by atoms with Gasteiger partial charge in [0.2, 0.25) is 0 Å². The van der Waals surface area contributed by atoms with Crippen LogP contribution in [0, 0.1) is 0 Å². The predicted octanol–water partition coefficient (Wildman–Crippen LogP) is 3.69. The van der Waals surface area contributed by atoms with E-state index in [1.807, 2.05) is 35.8 Å². The van der Waals surface area contributed by atoms with E-state index in [4.69, 9.17) is 5.11 Å². The maximum Gasteiger partial charge on any atom is 0.335 e. The molecule has 5 heteroatoms. The zero-order chi connectivity index (χ0) is 15.4. The molecule has 4 nitrogen and oxygen atoms in total. The Balaban J connectivity index is 1.65. The highest BCUT2D eigenvalue weighted by atomic mass is 32.1. The quantitative estimate of drug-likeness (QED) is 0.780. The van der Waals surface area contributed by atoms with Crippen molar-refractivity contribution in [2.24, 2.45) is 0 Å². The molecule has 0 aliphatic heterocycles. The van der Waals surface area contributed by atoms with Crippen molar-refractivity contribution >= 4 is 17.3 Å². The molecule has 110 valence electrons. The van der Waals surface area contributed by atoms with Crippen molar-refractivity contribution in [2.75, 3.05) is 0 Å². The van der Waals surface area contributed by atoms with E-state index in [2.05, 4.69) is 9.97 Å². The average molecular weight is 310 g/mol. The molecule has 0 fully saturated rings. The van der Waals surface area contributed by atoms with Gasteiger partial charge >= 0.3 is 5.97 Å². The second-order valence-corrected chi connectivity index (χ2v) is 5.81. The van der Waals surface area contributed by atoms with Crippen LogP contribution in [0.1, 0.15) is 20.9 Å². The summed E-state index contributed by atoms with van der Waals surface area (Å²) in [4.78, 5) is 19.5. The first-order valence-electron chi connectivity index (χ1n) is 6.89. The van der Waals surface area contributed by atoms with E-state index < -0.39 is 5.97 Å².